The number of hydrogen-bond acceptors (Lipinski definition) is 2. The fourth-order valence-corrected chi connectivity index (χ4v) is 3.06. The molecular weight excluding hydrogens is 498 g/mol. The molecule has 0 saturated heterocycles. The third-order valence-corrected chi connectivity index (χ3v) is 5.38. The van der Waals surface area contributed by atoms with Gasteiger partial charge in [0, 0.05) is 5.56 Å². The molecule has 2 nitrogen and oxygen atoms in total. The van der Waals surface area contributed by atoms with Gasteiger partial charge in [-0.25, -0.2) is 43.9 Å². The lowest BCUT2D eigenvalue weighted by atomic mass is 9.97. The summed E-state index contributed by atoms with van der Waals surface area (Å²) in [4.78, 5) is 0. The second kappa shape index (κ2) is 10.7. The van der Waals surface area contributed by atoms with Crippen molar-refractivity contribution in [2.24, 2.45) is 0 Å². The minimum Gasteiger partial charge on any atom is -0.375 e. The molecule has 2 aromatic carbocycles. The van der Waals surface area contributed by atoms with Crippen molar-refractivity contribution < 1.29 is 53.4 Å². The van der Waals surface area contributed by atoms with Crippen LogP contribution in [0.3, 0.4) is 0 Å². The van der Waals surface area contributed by atoms with Gasteiger partial charge in [0.25, 0.3) is 0 Å². The lowest BCUT2D eigenvalue weighted by molar-refractivity contribution is -0.0809. The molecule has 0 amide bonds. The molecular formula is C23H22F10O2. The van der Waals surface area contributed by atoms with Crippen LogP contribution in [-0.2, 0) is 22.5 Å². The number of benzene rings is 2. The van der Waals surface area contributed by atoms with Crippen LogP contribution in [0.2, 0.25) is 0 Å². The van der Waals surface area contributed by atoms with Crippen LogP contribution in [0.5, 0.6) is 0 Å². The van der Waals surface area contributed by atoms with Crippen molar-refractivity contribution in [3.8, 4) is 0 Å². The zero-order valence-electron chi connectivity index (χ0n) is 19.1. The summed E-state index contributed by atoms with van der Waals surface area (Å²) in [6, 6.07) is 0. The van der Waals surface area contributed by atoms with E-state index in [-0.39, 0.29) is 19.4 Å². The third kappa shape index (κ3) is 6.46. The summed E-state index contributed by atoms with van der Waals surface area (Å²) in [6.07, 6.45) is -0.621. The number of hydrogen-bond donors (Lipinski definition) is 0. The Morgan fingerprint density at radius 3 is 1.23 bits per heavy atom. The van der Waals surface area contributed by atoms with Gasteiger partial charge in [-0.1, -0.05) is 0 Å². The van der Waals surface area contributed by atoms with Gasteiger partial charge in [-0.2, -0.15) is 0 Å². The molecule has 0 spiro atoms. The smallest absolute Gasteiger partial charge is 0.200 e. The van der Waals surface area contributed by atoms with Crippen LogP contribution in [0.1, 0.15) is 51.7 Å². The van der Waals surface area contributed by atoms with Gasteiger partial charge in [-0.15, -0.1) is 0 Å². The highest BCUT2D eigenvalue weighted by Crippen LogP contribution is 2.29. The summed E-state index contributed by atoms with van der Waals surface area (Å²) in [7, 11) is 0. The van der Waals surface area contributed by atoms with E-state index in [9.17, 15) is 43.9 Å². The van der Waals surface area contributed by atoms with Gasteiger partial charge in [0.2, 0.25) is 11.6 Å². The second-order valence-corrected chi connectivity index (χ2v) is 9.00. The van der Waals surface area contributed by atoms with Crippen LogP contribution in [-0.4, -0.2) is 17.8 Å². The SMILES string of the molecule is CC(C)(CCc1c(F)c(F)c(F)c(F)c1F)OCCC(C)(C)OCc1c(F)c(F)c(F)c(F)c1F. The minimum absolute atomic E-state index is 0.0500. The first-order valence-electron chi connectivity index (χ1n) is 10.3. The average Bonchev–Trinajstić information content (AvgIpc) is 2.78. The molecule has 0 bridgehead atoms. The van der Waals surface area contributed by atoms with Gasteiger partial charge in [0.05, 0.1) is 30.0 Å². The lowest BCUT2D eigenvalue weighted by Crippen LogP contribution is -2.31. The second-order valence-electron chi connectivity index (χ2n) is 9.00. The molecule has 0 aromatic heterocycles. The molecule has 0 unspecified atom stereocenters. The van der Waals surface area contributed by atoms with E-state index < -0.39 is 93.5 Å². The first kappa shape index (κ1) is 28.9. The first-order chi connectivity index (χ1) is 16.0. The molecule has 0 saturated carbocycles. The first-order valence-corrected chi connectivity index (χ1v) is 10.3. The van der Waals surface area contributed by atoms with E-state index in [0.29, 0.717) is 0 Å². The molecule has 0 N–H and O–H groups in total. The van der Waals surface area contributed by atoms with Gasteiger partial charge in [0.15, 0.2) is 46.5 Å². The maximum absolute atomic E-state index is 13.8. The number of ether oxygens (including phenoxy) is 2. The highest BCUT2D eigenvalue weighted by molar-refractivity contribution is 5.25. The van der Waals surface area contributed by atoms with Gasteiger partial charge >= 0.3 is 0 Å². The molecule has 0 aliphatic heterocycles. The Morgan fingerprint density at radius 1 is 0.457 bits per heavy atom. The quantitative estimate of drug-likeness (QED) is 0.188. The molecule has 196 valence electrons. The van der Waals surface area contributed by atoms with E-state index in [1.165, 1.54) is 27.7 Å². The van der Waals surface area contributed by atoms with Gasteiger partial charge in [-0.3, -0.25) is 0 Å². The van der Waals surface area contributed by atoms with Crippen molar-refractivity contribution in [3.63, 3.8) is 0 Å². The monoisotopic (exact) mass is 520 g/mol. The fourth-order valence-electron chi connectivity index (χ4n) is 3.06. The van der Waals surface area contributed by atoms with Gasteiger partial charge in [0.1, 0.15) is 0 Å². The lowest BCUT2D eigenvalue weighted by Gasteiger charge is -2.30. The molecule has 12 heteroatoms. The van der Waals surface area contributed by atoms with Crippen LogP contribution in [0.15, 0.2) is 0 Å². The Morgan fingerprint density at radius 2 is 0.800 bits per heavy atom. The Hall–Kier alpha value is -2.34. The summed E-state index contributed by atoms with van der Waals surface area (Å²) in [5, 5.41) is 0. The van der Waals surface area contributed by atoms with E-state index in [1.54, 1.807) is 0 Å². The normalized spacial score (nSPS) is 12.5. The van der Waals surface area contributed by atoms with Crippen molar-refractivity contribution in [1.82, 2.24) is 0 Å². The standard InChI is InChI=1S/C23H22F10O2/c1-22(2,6-5-10-12(24)16(28)20(32)17(29)13(10)25)34-8-7-23(3,4)35-9-11-14(26)18(30)21(33)19(31)15(11)27/h5-9H2,1-4H3. The molecule has 0 aliphatic rings. The Balaban J connectivity index is 1.97. The summed E-state index contributed by atoms with van der Waals surface area (Å²) >= 11 is 0. The molecule has 0 fully saturated rings. The molecule has 0 heterocycles. The molecule has 2 rings (SSSR count). The maximum atomic E-state index is 13.8. The largest absolute Gasteiger partial charge is 0.375 e. The number of rotatable bonds is 10. The fraction of sp³-hybridized carbons (Fsp3) is 0.478. The van der Waals surface area contributed by atoms with Crippen LogP contribution >= 0.6 is 0 Å². The average molecular weight is 520 g/mol. The Bertz CT molecular complexity index is 955. The summed E-state index contributed by atoms with van der Waals surface area (Å²) in [6.45, 7) is 4.91. The van der Waals surface area contributed by atoms with Crippen molar-refractivity contribution in [1.29, 1.82) is 0 Å². The highest BCUT2D eigenvalue weighted by Gasteiger charge is 2.30. The van der Waals surface area contributed by atoms with Crippen LogP contribution in [0.4, 0.5) is 43.9 Å². The van der Waals surface area contributed by atoms with E-state index >= 15 is 0 Å². The van der Waals surface area contributed by atoms with Crippen molar-refractivity contribution >= 4 is 0 Å². The Kier molecular flexibility index (Phi) is 8.86. The summed E-state index contributed by atoms with van der Waals surface area (Å²) < 4.78 is 146. The molecule has 0 atom stereocenters. The summed E-state index contributed by atoms with van der Waals surface area (Å²) in [5.74, 6) is -20.7. The van der Waals surface area contributed by atoms with Crippen LogP contribution in [0, 0.1) is 58.2 Å². The van der Waals surface area contributed by atoms with Crippen molar-refractivity contribution in [2.75, 3.05) is 6.61 Å². The third-order valence-electron chi connectivity index (χ3n) is 5.38. The molecule has 2 aromatic rings. The zero-order chi connectivity index (χ0) is 26.9. The Labute approximate surface area is 194 Å². The molecule has 35 heavy (non-hydrogen) atoms. The number of halogens is 10. The van der Waals surface area contributed by atoms with Crippen LogP contribution in [0.25, 0.3) is 0 Å². The maximum Gasteiger partial charge on any atom is 0.200 e. The molecule has 0 aliphatic carbocycles. The topological polar surface area (TPSA) is 18.5 Å². The van der Waals surface area contributed by atoms with E-state index in [1.807, 2.05) is 0 Å². The zero-order valence-corrected chi connectivity index (χ0v) is 19.1. The van der Waals surface area contributed by atoms with E-state index in [4.69, 9.17) is 9.47 Å². The van der Waals surface area contributed by atoms with E-state index in [2.05, 4.69) is 0 Å². The van der Waals surface area contributed by atoms with Crippen LogP contribution < -0.4 is 0 Å². The van der Waals surface area contributed by atoms with Gasteiger partial charge < -0.3 is 9.47 Å². The predicted molar refractivity (Wildman–Crippen MR) is 104 cm³/mol. The highest BCUT2D eigenvalue weighted by atomic mass is 19.2. The molecule has 0 radical (unpaired) electrons. The van der Waals surface area contributed by atoms with Crippen molar-refractivity contribution in [2.45, 2.75) is 64.8 Å². The predicted octanol–water partition coefficient (Wildman–Crippen LogP) is 7.19. The minimum atomic E-state index is -2.29. The summed E-state index contributed by atoms with van der Waals surface area (Å²) in [5.41, 5.74) is -4.39. The van der Waals surface area contributed by atoms with E-state index in [0.717, 1.165) is 0 Å². The van der Waals surface area contributed by atoms with Crippen molar-refractivity contribution in [3.05, 3.63) is 69.3 Å². The van der Waals surface area contributed by atoms with Gasteiger partial charge in [-0.05, 0) is 47.0 Å².